The number of hydrogen-bond acceptors (Lipinski definition) is 6. The van der Waals surface area contributed by atoms with Gasteiger partial charge in [-0.2, -0.15) is 5.26 Å². The highest BCUT2D eigenvalue weighted by Gasteiger charge is 2.42. The summed E-state index contributed by atoms with van der Waals surface area (Å²) < 4.78 is 16.3. The topological polar surface area (TPSA) is 138 Å². The van der Waals surface area contributed by atoms with Gasteiger partial charge in [-0.15, -0.1) is 0 Å². The van der Waals surface area contributed by atoms with Crippen LogP contribution in [0.4, 0.5) is 9.18 Å². The fourth-order valence-corrected chi connectivity index (χ4v) is 5.46. The van der Waals surface area contributed by atoms with Crippen LogP contribution in [0.25, 0.3) is 5.57 Å². The summed E-state index contributed by atoms with van der Waals surface area (Å²) in [6.45, 7) is 0.825. The summed E-state index contributed by atoms with van der Waals surface area (Å²) in [5.41, 5.74) is -0.601. The maximum absolute atomic E-state index is 14.5. The van der Waals surface area contributed by atoms with E-state index in [2.05, 4.69) is 30.9 Å². The van der Waals surface area contributed by atoms with Gasteiger partial charge in [0.25, 0.3) is 0 Å². The molecule has 0 radical (unpaired) electrons. The van der Waals surface area contributed by atoms with Crippen molar-refractivity contribution in [2.24, 2.45) is 0 Å². The maximum Gasteiger partial charge on any atom is 0.316 e. The number of nitriles is 1. The Morgan fingerprint density at radius 1 is 1.10 bits per heavy atom. The molecule has 3 N–H and O–H groups in total. The van der Waals surface area contributed by atoms with Crippen molar-refractivity contribution in [2.45, 2.75) is 56.1 Å². The third kappa shape index (κ3) is 6.17. The fraction of sp³-hybridized carbons (Fsp3) is 0.333. The Morgan fingerprint density at radius 3 is 2.63 bits per heavy atom. The van der Waals surface area contributed by atoms with E-state index in [4.69, 9.17) is 0 Å². The van der Waals surface area contributed by atoms with E-state index in [9.17, 15) is 19.2 Å². The number of imidazole rings is 1. The number of urea groups is 1. The number of benzene rings is 1. The number of nitrogens with one attached hydrogen (secondary N) is 3. The molecule has 1 saturated carbocycles. The number of halogens is 1. The predicted molar refractivity (Wildman–Crippen MR) is 149 cm³/mol. The molecule has 0 spiro atoms. The molecule has 2 aliphatic rings. The lowest BCUT2D eigenvalue weighted by Gasteiger charge is -2.39. The summed E-state index contributed by atoms with van der Waals surface area (Å²) in [5, 5.41) is 18.3. The summed E-state index contributed by atoms with van der Waals surface area (Å²) in [7, 11) is 0. The van der Waals surface area contributed by atoms with E-state index in [1.165, 1.54) is 12.3 Å². The van der Waals surface area contributed by atoms with Crippen molar-refractivity contribution in [1.82, 2.24) is 35.5 Å². The monoisotopic (exact) mass is 554 g/mol. The molecule has 1 aromatic carbocycles. The largest absolute Gasteiger partial charge is 0.352 e. The lowest BCUT2D eigenvalue weighted by atomic mass is 9.79. The minimum absolute atomic E-state index is 0.0319. The molecule has 0 aliphatic heterocycles. The van der Waals surface area contributed by atoms with Crippen molar-refractivity contribution < 1.29 is 14.0 Å². The minimum atomic E-state index is -1.41. The van der Waals surface area contributed by atoms with Crippen molar-refractivity contribution in [3.05, 3.63) is 96.4 Å². The number of nitrogens with zero attached hydrogens (tertiary/aromatic N) is 5. The molecule has 2 heterocycles. The molecule has 3 amide bonds. The number of allylic oxidation sites excluding steroid dienone is 2. The number of rotatable bonds is 8. The molecule has 1 fully saturated rings. The van der Waals surface area contributed by atoms with Crippen LogP contribution >= 0.6 is 0 Å². The second kappa shape index (κ2) is 12.1. The van der Waals surface area contributed by atoms with Gasteiger partial charge in [0.2, 0.25) is 11.7 Å². The Morgan fingerprint density at radius 2 is 1.93 bits per heavy atom. The summed E-state index contributed by atoms with van der Waals surface area (Å²) in [6.07, 6.45) is 15.8. The van der Waals surface area contributed by atoms with Crippen LogP contribution in [-0.4, -0.2) is 43.5 Å². The SMILES string of the molecule is N#Cc1nccc(C2(NC(=O)NC3(C(=O)NCCn4ccnc4)C=CC(c4ccccc4F)=CC3)CCCCC2)n1. The van der Waals surface area contributed by atoms with Crippen LogP contribution in [0.1, 0.15) is 55.6 Å². The second-order valence-electron chi connectivity index (χ2n) is 10.3. The van der Waals surface area contributed by atoms with E-state index >= 15 is 0 Å². The van der Waals surface area contributed by atoms with Crippen LogP contribution in [0.15, 0.2) is 73.5 Å². The molecule has 1 unspecified atom stereocenters. The van der Waals surface area contributed by atoms with Gasteiger partial charge >= 0.3 is 6.03 Å². The van der Waals surface area contributed by atoms with Crippen molar-refractivity contribution >= 4 is 17.5 Å². The highest BCUT2D eigenvalue weighted by molar-refractivity contribution is 5.95. The van der Waals surface area contributed by atoms with Crippen LogP contribution < -0.4 is 16.0 Å². The summed E-state index contributed by atoms with van der Waals surface area (Å²) in [5.74, 6) is -0.726. The van der Waals surface area contributed by atoms with E-state index in [0.29, 0.717) is 42.8 Å². The molecule has 2 aromatic heterocycles. The Bertz CT molecular complexity index is 1500. The molecule has 2 aliphatic carbocycles. The highest BCUT2D eigenvalue weighted by atomic mass is 19.1. The van der Waals surface area contributed by atoms with Gasteiger partial charge in [0, 0.05) is 43.7 Å². The molecule has 10 nitrogen and oxygen atoms in total. The normalized spacial score (nSPS) is 19.5. The predicted octanol–water partition coefficient (Wildman–Crippen LogP) is 3.74. The first-order valence-electron chi connectivity index (χ1n) is 13.7. The van der Waals surface area contributed by atoms with Gasteiger partial charge in [0.15, 0.2) is 0 Å². The number of hydrogen-bond donors (Lipinski definition) is 3. The Kier molecular flexibility index (Phi) is 8.19. The Balaban J connectivity index is 1.38. The van der Waals surface area contributed by atoms with Crippen LogP contribution in [0.3, 0.4) is 0 Å². The summed E-state index contributed by atoms with van der Waals surface area (Å²) in [6, 6.07) is 9.57. The minimum Gasteiger partial charge on any atom is -0.352 e. The van der Waals surface area contributed by atoms with E-state index in [-0.39, 0.29) is 24.0 Å². The van der Waals surface area contributed by atoms with Crippen molar-refractivity contribution in [3.8, 4) is 6.07 Å². The van der Waals surface area contributed by atoms with E-state index in [1.54, 1.807) is 61.2 Å². The first-order valence-corrected chi connectivity index (χ1v) is 13.7. The lowest BCUT2D eigenvalue weighted by Crippen LogP contribution is -2.62. The zero-order valence-corrected chi connectivity index (χ0v) is 22.5. The number of amides is 3. The molecule has 41 heavy (non-hydrogen) atoms. The molecular formula is C30H31FN8O2. The van der Waals surface area contributed by atoms with Crippen LogP contribution in [0.2, 0.25) is 0 Å². The van der Waals surface area contributed by atoms with Crippen molar-refractivity contribution in [2.75, 3.05) is 6.54 Å². The lowest BCUT2D eigenvalue weighted by molar-refractivity contribution is -0.125. The average Bonchev–Trinajstić information content (AvgIpc) is 3.52. The van der Waals surface area contributed by atoms with Crippen molar-refractivity contribution in [1.29, 1.82) is 5.26 Å². The molecule has 5 rings (SSSR count). The third-order valence-electron chi connectivity index (χ3n) is 7.64. The first-order chi connectivity index (χ1) is 19.9. The van der Waals surface area contributed by atoms with Crippen LogP contribution in [0, 0.1) is 17.1 Å². The van der Waals surface area contributed by atoms with Gasteiger partial charge in [-0.1, -0.05) is 49.6 Å². The van der Waals surface area contributed by atoms with E-state index < -0.39 is 17.1 Å². The zero-order valence-electron chi connectivity index (χ0n) is 22.5. The Labute approximate surface area is 237 Å². The maximum atomic E-state index is 14.5. The van der Waals surface area contributed by atoms with E-state index in [0.717, 1.165) is 19.3 Å². The molecule has 3 aromatic rings. The summed E-state index contributed by atoms with van der Waals surface area (Å²) >= 11 is 0. The van der Waals surface area contributed by atoms with Gasteiger partial charge in [-0.05, 0) is 36.6 Å². The highest BCUT2D eigenvalue weighted by Crippen LogP contribution is 2.36. The first kappa shape index (κ1) is 27.7. The van der Waals surface area contributed by atoms with Gasteiger partial charge in [-0.25, -0.2) is 24.1 Å². The fourth-order valence-electron chi connectivity index (χ4n) is 5.46. The standard InChI is InChI=1S/C30H31FN8O2/c31-24-7-3-2-6-23(24)22-8-13-30(14-9-22,27(40)35-17-19-39-18-16-33-21-39)38-28(41)37-29(11-4-1-5-12-29)25-10-15-34-26(20-32)36-25/h2-3,6-10,13,15-16,18,21H,1,4-5,11-12,14,17,19H2,(H,35,40)(H2,37,38,41). The quantitative estimate of drug-likeness (QED) is 0.388. The smallest absolute Gasteiger partial charge is 0.316 e. The molecule has 1 atom stereocenters. The molecular weight excluding hydrogens is 523 g/mol. The van der Waals surface area contributed by atoms with E-state index in [1.807, 2.05) is 10.6 Å². The number of aromatic nitrogens is 4. The third-order valence-corrected chi connectivity index (χ3v) is 7.64. The van der Waals surface area contributed by atoms with Crippen molar-refractivity contribution in [3.63, 3.8) is 0 Å². The molecule has 11 heteroatoms. The van der Waals surface area contributed by atoms with Gasteiger partial charge in [-0.3, -0.25) is 4.79 Å². The average molecular weight is 555 g/mol. The molecule has 0 bridgehead atoms. The van der Waals surface area contributed by atoms with Gasteiger partial charge in [0.1, 0.15) is 17.4 Å². The Hall–Kier alpha value is -4.85. The number of carbonyl (C=O) groups is 2. The van der Waals surface area contributed by atoms with Gasteiger partial charge in [0.05, 0.1) is 17.6 Å². The van der Waals surface area contributed by atoms with Crippen LogP contribution in [-0.2, 0) is 16.9 Å². The second-order valence-corrected chi connectivity index (χ2v) is 10.3. The van der Waals surface area contributed by atoms with Crippen LogP contribution in [0.5, 0.6) is 0 Å². The van der Waals surface area contributed by atoms with Gasteiger partial charge < -0.3 is 20.5 Å². The summed E-state index contributed by atoms with van der Waals surface area (Å²) in [4.78, 5) is 39.7. The number of carbonyl (C=O) groups excluding carboxylic acids is 2. The molecule has 210 valence electrons. The zero-order chi connectivity index (χ0) is 28.7. The molecule has 0 saturated heterocycles.